The Morgan fingerprint density at radius 3 is 2.71 bits per heavy atom. The summed E-state index contributed by atoms with van der Waals surface area (Å²) >= 11 is 6.06. The van der Waals surface area contributed by atoms with Crippen LogP contribution >= 0.6 is 11.6 Å². The Bertz CT molecular complexity index is 1040. The fourth-order valence-electron chi connectivity index (χ4n) is 2.83. The highest BCUT2D eigenvalue weighted by atomic mass is 35.5. The second-order valence-corrected chi connectivity index (χ2v) is 6.76. The molecular weight excluding hydrogens is 378 g/mol. The number of halogens is 1. The Balaban J connectivity index is 1.51. The van der Waals surface area contributed by atoms with Gasteiger partial charge in [0.25, 0.3) is 5.91 Å². The van der Waals surface area contributed by atoms with Crippen LogP contribution in [0.15, 0.2) is 54.7 Å². The van der Waals surface area contributed by atoms with Gasteiger partial charge in [-0.3, -0.25) is 4.79 Å². The molecule has 28 heavy (non-hydrogen) atoms. The van der Waals surface area contributed by atoms with Crippen molar-refractivity contribution in [2.24, 2.45) is 0 Å². The van der Waals surface area contributed by atoms with E-state index >= 15 is 0 Å². The third-order valence-electron chi connectivity index (χ3n) is 4.28. The van der Waals surface area contributed by atoms with Gasteiger partial charge in [0.2, 0.25) is 0 Å². The minimum atomic E-state index is -0.245. The molecule has 7 heteroatoms. The molecule has 0 spiro atoms. The van der Waals surface area contributed by atoms with Crippen LogP contribution < -0.4 is 20.1 Å². The van der Waals surface area contributed by atoms with Gasteiger partial charge in [0.05, 0.1) is 0 Å². The highest BCUT2D eigenvalue weighted by molar-refractivity contribution is 6.30. The van der Waals surface area contributed by atoms with Crippen LogP contribution in [0.5, 0.6) is 11.5 Å². The molecule has 1 aliphatic rings. The van der Waals surface area contributed by atoms with Crippen molar-refractivity contribution in [3.8, 4) is 11.5 Å². The van der Waals surface area contributed by atoms with Crippen LogP contribution in [0.4, 0.5) is 17.2 Å². The first-order valence-electron chi connectivity index (χ1n) is 8.79. The molecule has 0 unspecified atom stereocenters. The van der Waals surface area contributed by atoms with Crippen molar-refractivity contribution in [3.63, 3.8) is 0 Å². The zero-order valence-electron chi connectivity index (χ0n) is 15.2. The summed E-state index contributed by atoms with van der Waals surface area (Å²) in [6.45, 7) is 2.99. The molecule has 2 aromatic carbocycles. The van der Waals surface area contributed by atoms with Crippen LogP contribution in [-0.2, 0) is 0 Å². The molecule has 1 aliphatic heterocycles. The van der Waals surface area contributed by atoms with Crippen molar-refractivity contribution in [3.05, 3.63) is 70.9 Å². The zero-order valence-corrected chi connectivity index (χ0v) is 15.9. The number of carbonyl (C=O) groups is 1. The molecule has 4 rings (SSSR count). The number of ether oxygens (including phenoxy) is 2. The van der Waals surface area contributed by atoms with Crippen molar-refractivity contribution in [1.82, 2.24) is 4.98 Å². The van der Waals surface area contributed by atoms with E-state index in [1.807, 2.05) is 25.1 Å². The second kappa shape index (κ2) is 7.78. The molecule has 142 valence electrons. The van der Waals surface area contributed by atoms with Gasteiger partial charge < -0.3 is 20.1 Å². The predicted octanol–water partition coefficient (Wildman–Crippen LogP) is 4.81. The molecule has 0 atom stereocenters. The van der Waals surface area contributed by atoms with E-state index in [0.29, 0.717) is 46.8 Å². The van der Waals surface area contributed by atoms with Crippen LogP contribution in [-0.4, -0.2) is 24.1 Å². The van der Waals surface area contributed by atoms with E-state index in [4.69, 9.17) is 21.1 Å². The Kier molecular flexibility index (Phi) is 5.04. The lowest BCUT2D eigenvalue weighted by atomic mass is 10.2. The SMILES string of the molecule is Cc1ccc(Cl)cc1Nc1cc(C(=O)Nc2ccc3c(c2)OCCO3)ccn1. The van der Waals surface area contributed by atoms with Crippen LogP contribution in [0.1, 0.15) is 15.9 Å². The standard InChI is InChI=1S/C21H18ClN3O3/c1-13-2-3-15(22)11-17(13)25-20-10-14(6-7-23-20)21(26)24-16-4-5-18-19(12-16)28-9-8-27-18/h2-7,10-12H,8-9H2,1H3,(H,23,25)(H,24,26). The number of pyridine rings is 1. The smallest absolute Gasteiger partial charge is 0.255 e. The van der Waals surface area contributed by atoms with Crippen LogP contribution in [0.3, 0.4) is 0 Å². The predicted molar refractivity (Wildman–Crippen MR) is 109 cm³/mol. The Morgan fingerprint density at radius 1 is 1.04 bits per heavy atom. The first-order valence-corrected chi connectivity index (χ1v) is 9.16. The number of fused-ring (bicyclic) bond motifs is 1. The number of hydrogen-bond donors (Lipinski definition) is 2. The van der Waals surface area contributed by atoms with Crippen LogP contribution in [0.2, 0.25) is 5.02 Å². The monoisotopic (exact) mass is 395 g/mol. The van der Waals surface area contributed by atoms with Gasteiger partial charge in [-0.25, -0.2) is 4.98 Å². The quantitative estimate of drug-likeness (QED) is 0.663. The number of nitrogens with zero attached hydrogens (tertiary/aromatic N) is 1. The second-order valence-electron chi connectivity index (χ2n) is 6.33. The fourth-order valence-corrected chi connectivity index (χ4v) is 3.00. The van der Waals surface area contributed by atoms with E-state index < -0.39 is 0 Å². The van der Waals surface area contributed by atoms with Crippen molar-refractivity contribution >= 4 is 34.7 Å². The first kappa shape index (κ1) is 18.1. The van der Waals surface area contributed by atoms with Gasteiger partial charge in [0.15, 0.2) is 11.5 Å². The molecule has 2 N–H and O–H groups in total. The molecule has 0 radical (unpaired) electrons. The van der Waals surface area contributed by atoms with E-state index in [2.05, 4.69) is 15.6 Å². The summed E-state index contributed by atoms with van der Waals surface area (Å²) in [5, 5.41) is 6.70. The van der Waals surface area contributed by atoms with Gasteiger partial charge in [-0.1, -0.05) is 17.7 Å². The molecule has 3 aromatic rings. The molecule has 1 amide bonds. The third-order valence-corrected chi connectivity index (χ3v) is 4.52. The van der Waals surface area contributed by atoms with Gasteiger partial charge >= 0.3 is 0 Å². The molecular formula is C21H18ClN3O3. The normalized spacial score (nSPS) is 12.4. The summed E-state index contributed by atoms with van der Waals surface area (Å²) in [6, 6.07) is 14.2. The summed E-state index contributed by atoms with van der Waals surface area (Å²) in [4.78, 5) is 16.9. The van der Waals surface area contributed by atoms with Crippen molar-refractivity contribution < 1.29 is 14.3 Å². The Hall–Kier alpha value is -3.25. The highest BCUT2D eigenvalue weighted by Crippen LogP contribution is 2.32. The summed E-state index contributed by atoms with van der Waals surface area (Å²) < 4.78 is 11.0. The zero-order chi connectivity index (χ0) is 19.5. The molecule has 0 bridgehead atoms. The number of nitrogens with one attached hydrogen (secondary N) is 2. The lowest BCUT2D eigenvalue weighted by Gasteiger charge is -2.19. The summed E-state index contributed by atoms with van der Waals surface area (Å²) in [6.07, 6.45) is 1.58. The third kappa shape index (κ3) is 4.02. The van der Waals surface area contributed by atoms with Gasteiger partial charge in [0.1, 0.15) is 19.0 Å². The summed E-state index contributed by atoms with van der Waals surface area (Å²) in [5.74, 6) is 1.61. The van der Waals surface area contributed by atoms with Gasteiger partial charge in [-0.15, -0.1) is 0 Å². The minimum absolute atomic E-state index is 0.245. The highest BCUT2D eigenvalue weighted by Gasteiger charge is 2.14. The van der Waals surface area contributed by atoms with Gasteiger partial charge in [-0.05, 0) is 48.9 Å². The van der Waals surface area contributed by atoms with Crippen molar-refractivity contribution in [1.29, 1.82) is 0 Å². The summed E-state index contributed by atoms with van der Waals surface area (Å²) in [7, 11) is 0. The topological polar surface area (TPSA) is 72.5 Å². The van der Waals surface area contributed by atoms with Crippen LogP contribution in [0, 0.1) is 6.92 Å². The lowest BCUT2D eigenvalue weighted by Crippen LogP contribution is -2.16. The molecule has 0 saturated heterocycles. The van der Waals surface area contributed by atoms with Gasteiger partial charge in [0, 0.05) is 34.2 Å². The number of rotatable bonds is 4. The number of aromatic nitrogens is 1. The maximum atomic E-state index is 12.6. The Labute approximate surface area is 167 Å². The number of aryl methyl sites for hydroxylation is 1. The van der Waals surface area contributed by atoms with E-state index in [1.54, 1.807) is 36.5 Å². The number of benzene rings is 2. The van der Waals surface area contributed by atoms with Crippen LogP contribution in [0.25, 0.3) is 0 Å². The lowest BCUT2D eigenvalue weighted by molar-refractivity contribution is 0.102. The maximum absolute atomic E-state index is 12.6. The van der Waals surface area contributed by atoms with E-state index in [1.165, 1.54) is 0 Å². The van der Waals surface area contributed by atoms with E-state index in [0.717, 1.165) is 11.3 Å². The van der Waals surface area contributed by atoms with E-state index in [9.17, 15) is 4.79 Å². The molecule has 1 aromatic heterocycles. The molecule has 0 aliphatic carbocycles. The molecule has 0 saturated carbocycles. The molecule has 6 nitrogen and oxygen atoms in total. The summed E-state index contributed by atoms with van der Waals surface area (Å²) in [5.41, 5.74) is 2.97. The Morgan fingerprint density at radius 2 is 1.86 bits per heavy atom. The van der Waals surface area contributed by atoms with Crippen molar-refractivity contribution in [2.45, 2.75) is 6.92 Å². The average molecular weight is 396 g/mol. The largest absolute Gasteiger partial charge is 0.486 e. The minimum Gasteiger partial charge on any atom is -0.486 e. The first-order chi connectivity index (χ1) is 13.6. The maximum Gasteiger partial charge on any atom is 0.255 e. The number of anilines is 3. The molecule has 0 fully saturated rings. The average Bonchev–Trinajstić information content (AvgIpc) is 2.71. The fraction of sp³-hybridized carbons (Fsp3) is 0.143. The van der Waals surface area contributed by atoms with E-state index in [-0.39, 0.29) is 5.91 Å². The van der Waals surface area contributed by atoms with Gasteiger partial charge in [-0.2, -0.15) is 0 Å². The van der Waals surface area contributed by atoms with Crippen molar-refractivity contribution in [2.75, 3.05) is 23.8 Å². The molecule has 2 heterocycles. The number of carbonyl (C=O) groups excluding carboxylic acids is 1. The number of hydrogen-bond acceptors (Lipinski definition) is 5. The number of amides is 1.